The van der Waals surface area contributed by atoms with Crippen molar-refractivity contribution in [3.63, 3.8) is 0 Å². The summed E-state index contributed by atoms with van der Waals surface area (Å²) in [5.41, 5.74) is 3.24. The van der Waals surface area contributed by atoms with E-state index in [1.54, 1.807) is 25.3 Å². The van der Waals surface area contributed by atoms with E-state index in [0.29, 0.717) is 21.9 Å². The zero-order valence-corrected chi connectivity index (χ0v) is 14.4. The fraction of sp³-hybridized carbons (Fsp3) is 0.188. The third-order valence-corrected chi connectivity index (χ3v) is 4.47. The molecule has 0 fully saturated rings. The molecule has 0 aliphatic rings. The van der Waals surface area contributed by atoms with E-state index in [2.05, 4.69) is 22.6 Å². The lowest BCUT2D eigenvalue weighted by atomic mass is 9.97. The third kappa shape index (κ3) is 2.83. The summed E-state index contributed by atoms with van der Waals surface area (Å²) < 4.78 is 6.29. The first-order valence-electron chi connectivity index (χ1n) is 6.09. The average Bonchev–Trinajstić information content (AvgIpc) is 2.43. The second kappa shape index (κ2) is 6.14. The van der Waals surface area contributed by atoms with Crippen molar-refractivity contribution in [2.24, 2.45) is 0 Å². The summed E-state index contributed by atoms with van der Waals surface area (Å²) in [5.74, 6) is 0.558. The Kier molecular flexibility index (Phi) is 4.70. The molecule has 2 nitrogen and oxygen atoms in total. The highest BCUT2D eigenvalue weighted by molar-refractivity contribution is 14.1. The van der Waals surface area contributed by atoms with Crippen LogP contribution in [0, 0.1) is 17.4 Å². The summed E-state index contributed by atoms with van der Waals surface area (Å²) in [6, 6.07) is 9.05. The SMILES string of the molecule is COc1c(C(=O)c2cc(Cl)ccc2I)ccc(C)c1C. The maximum atomic E-state index is 12.7. The fourth-order valence-corrected chi connectivity index (χ4v) is 2.80. The minimum Gasteiger partial charge on any atom is -0.496 e. The highest BCUT2D eigenvalue weighted by Gasteiger charge is 2.19. The van der Waals surface area contributed by atoms with E-state index < -0.39 is 0 Å². The van der Waals surface area contributed by atoms with Crippen LogP contribution in [0.2, 0.25) is 5.02 Å². The number of hydrogen-bond acceptors (Lipinski definition) is 2. The summed E-state index contributed by atoms with van der Waals surface area (Å²) in [6.07, 6.45) is 0. The molecule has 0 aromatic heterocycles. The second-order valence-corrected chi connectivity index (χ2v) is 6.14. The molecule has 0 saturated heterocycles. The molecule has 0 unspecified atom stereocenters. The van der Waals surface area contributed by atoms with Crippen molar-refractivity contribution in [1.82, 2.24) is 0 Å². The van der Waals surface area contributed by atoms with Crippen molar-refractivity contribution in [3.8, 4) is 5.75 Å². The molecule has 0 heterocycles. The van der Waals surface area contributed by atoms with Crippen molar-refractivity contribution >= 4 is 40.0 Å². The predicted molar refractivity (Wildman–Crippen MR) is 90.1 cm³/mol. The molecule has 20 heavy (non-hydrogen) atoms. The Bertz CT molecular complexity index is 680. The molecular formula is C16H14ClIO2. The number of hydrogen-bond donors (Lipinski definition) is 0. The van der Waals surface area contributed by atoms with Gasteiger partial charge in [-0.1, -0.05) is 17.7 Å². The average molecular weight is 401 g/mol. The van der Waals surface area contributed by atoms with Crippen LogP contribution >= 0.6 is 34.2 Å². The van der Waals surface area contributed by atoms with E-state index in [-0.39, 0.29) is 5.78 Å². The van der Waals surface area contributed by atoms with Gasteiger partial charge in [0.25, 0.3) is 0 Å². The van der Waals surface area contributed by atoms with Crippen LogP contribution in [0.1, 0.15) is 27.0 Å². The van der Waals surface area contributed by atoms with Crippen molar-refractivity contribution in [2.45, 2.75) is 13.8 Å². The van der Waals surface area contributed by atoms with E-state index in [1.807, 2.05) is 26.0 Å². The first-order chi connectivity index (χ1) is 9.45. The lowest BCUT2D eigenvalue weighted by Gasteiger charge is -2.13. The standard InChI is InChI=1S/C16H14ClIO2/c1-9-4-6-12(16(20-3)10(9)2)15(19)13-8-11(17)5-7-14(13)18/h4-8H,1-3H3. The highest BCUT2D eigenvalue weighted by atomic mass is 127. The van der Waals surface area contributed by atoms with Gasteiger partial charge in [-0.25, -0.2) is 0 Å². The number of carbonyl (C=O) groups is 1. The van der Waals surface area contributed by atoms with Crippen molar-refractivity contribution in [1.29, 1.82) is 0 Å². The zero-order chi connectivity index (χ0) is 14.9. The van der Waals surface area contributed by atoms with Crippen molar-refractivity contribution < 1.29 is 9.53 Å². The molecule has 0 N–H and O–H groups in total. The van der Waals surface area contributed by atoms with Crippen molar-refractivity contribution in [3.05, 3.63) is 61.2 Å². The molecule has 0 saturated carbocycles. The van der Waals surface area contributed by atoms with Crippen LogP contribution in [0.15, 0.2) is 30.3 Å². The summed E-state index contributed by atoms with van der Waals surface area (Å²) in [6.45, 7) is 3.95. The molecule has 0 spiro atoms. The van der Waals surface area contributed by atoms with Gasteiger partial charge in [-0.3, -0.25) is 4.79 Å². The molecule has 4 heteroatoms. The molecule has 0 aliphatic carbocycles. The maximum absolute atomic E-state index is 12.7. The van der Waals surface area contributed by atoms with Gasteiger partial charge in [0.2, 0.25) is 0 Å². The quantitative estimate of drug-likeness (QED) is 0.546. The zero-order valence-electron chi connectivity index (χ0n) is 11.5. The monoisotopic (exact) mass is 400 g/mol. The Morgan fingerprint density at radius 2 is 1.85 bits per heavy atom. The minimum absolute atomic E-state index is 0.0724. The van der Waals surface area contributed by atoms with E-state index in [4.69, 9.17) is 16.3 Å². The second-order valence-electron chi connectivity index (χ2n) is 4.54. The van der Waals surface area contributed by atoms with Crippen LogP contribution in [0.25, 0.3) is 0 Å². The van der Waals surface area contributed by atoms with Gasteiger partial charge in [0, 0.05) is 14.2 Å². The smallest absolute Gasteiger partial charge is 0.197 e. The Labute approximate surface area is 137 Å². The largest absolute Gasteiger partial charge is 0.496 e. The summed E-state index contributed by atoms with van der Waals surface area (Å²) >= 11 is 8.13. The van der Waals surface area contributed by atoms with Crippen LogP contribution in [0.3, 0.4) is 0 Å². The molecule has 0 radical (unpaired) electrons. The molecular weight excluding hydrogens is 387 g/mol. The Balaban J connectivity index is 2.59. The number of benzene rings is 2. The topological polar surface area (TPSA) is 26.3 Å². The van der Waals surface area contributed by atoms with E-state index in [9.17, 15) is 4.79 Å². The van der Waals surface area contributed by atoms with Crippen LogP contribution in [0.4, 0.5) is 0 Å². The van der Waals surface area contributed by atoms with E-state index >= 15 is 0 Å². The Morgan fingerprint density at radius 1 is 1.15 bits per heavy atom. The molecule has 0 amide bonds. The first-order valence-corrected chi connectivity index (χ1v) is 7.55. The van der Waals surface area contributed by atoms with Crippen LogP contribution in [-0.2, 0) is 0 Å². The summed E-state index contributed by atoms with van der Waals surface area (Å²) in [4.78, 5) is 12.7. The van der Waals surface area contributed by atoms with Gasteiger partial charge in [-0.05, 0) is 71.8 Å². The van der Waals surface area contributed by atoms with E-state index in [1.165, 1.54) is 0 Å². The van der Waals surface area contributed by atoms with Gasteiger partial charge >= 0.3 is 0 Å². The predicted octanol–water partition coefficient (Wildman–Crippen LogP) is 4.80. The van der Waals surface area contributed by atoms with Gasteiger partial charge in [0.1, 0.15) is 5.75 Å². The normalized spacial score (nSPS) is 10.4. The number of ketones is 1. The van der Waals surface area contributed by atoms with Crippen LogP contribution in [-0.4, -0.2) is 12.9 Å². The van der Waals surface area contributed by atoms with Crippen LogP contribution < -0.4 is 4.74 Å². The third-order valence-electron chi connectivity index (χ3n) is 3.30. The van der Waals surface area contributed by atoms with Crippen molar-refractivity contribution in [2.75, 3.05) is 7.11 Å². The van der Waals surface area contributed by atoms with Gasteiger partial charge in [-0.15, -0.1) is 0 Å². The first kappa shape index (κ1) is 15.3. The van der Waals surface area contributed by atoms with E-state index in [0.717, 1.165) is 14.7 Å². The Hall–Kier alpha value is -1.07. The summed E-state index contributed by atoms with van der Waals surface area (Å²) in [5, 5.41) is 0.552. The fourth-order valence-electron chi connectivity index (χ4n) is 2.05. The molecule has 0 bridgehead atoms. The number of halogens is 2. The van der Waals surface area contributed by atoms with Gasteiger partial charge in [-0.2, -0.15) is 0 Å². The minimum atomic E-state index is -0.0724. The van der Waals surface area contributed by atoms with Gasteiger partial charge < -0.3 is 4.74 Å². The molecule has 2 rings (SSSR count). The number of aryl methyl sites for hydroxylation is 1. The highest BCUT2D eigenvalue weighted by Crippen LogP contribution is 2.30. The molecule has 0 atom stereocenters. The Morgan fingerprint density at radius 3 is 2.50 bits per heavy atom. The summed E-state index contributed by atoms with van der Waals surface area (Å²) in [7, 11) is 1.58. The molecule has 2 aromatic carbocycles. The lowest BCUT2D eigenvalue weighted by molar-refractivity contribution is 0.103. The number of ether oxygens (including phenoxy) is 1. The number of carbonyl (C=O) groups excluding carboxylic acids is 1. The van der Waals surface area contributed by atoms with Gasteiger partial charge in [0.15, 0.2) is 5.78 Å². The molecule has 2 aromatic rings. The molecule has 104 valence electrons. The van der Waals surface area contributed by atoms with Gasteiger partial charge in [0.05, 0.1) is 12.7 Å². The molecule has 0 aliphatic heterocycles. The number of rotatable bonds is 3. The lowest BCUT2D eigenvalue weighted by Crippen LogP contribution is -2.07. The maximum Gasteiger partial charge on any atom is 0.197 e. The number of methoxy groups -OCH3 is 1. The van der Waals surface area contributed by atoms with Crippen LogP contribution in [0.5, 0.6) is 5.75 Å².